The topological polar surface area (TPSA) is 32.3 Å². The molecule has 0 fully saturated rings. The van der Waals surface area contributed by atoms with Crippen molar-refractivity contribution >= 4 is 11.6 Å². The van der Waals surface area contributed by atoms with E-state index in [1.54, 1.807) is 0 Å². The van der Waals surface area contributed by atoms with Crippen molar-refractivity contribution in [3.8, 4) is 0 Å². The van der Waals surface area contributed by atoms with E-state index in [1.807, 2.05) is 49.1 Å². The molecule has 0 unspecified atom stereocenters. The molecule has 0 aliphatic carbocycles. The van der Waals surface area contributed by atoms with Gasteiger partial charge in [0.2, 0.25) is 5.91 Å². The Morgan fingerprint density at radius 3 is 2.24 bits per heavy atom. The number of carbonyl (C=O) groups is 1. The third kappa shape index (κ3) is 5.60. The Kier molecular flexibility index (Phi) is 6.20. The molecule has 2 aromatic carbocycles. The minimum absolute atomic E-state index is 0.0127. The van der Waals surface area contributed by atoms with Crippen LogP contribution in [0.25, 0.3) is 0 Å². The van der Waals surface area contributed by atoms with E-state index in [9.17, 15) is 18.0 Å². The van der Waals surface area contributed by atoms with Crippen LogP contribution in [-0.4, -0.2) is 23.4 Å². The lowest BCUT2D eigenvalue weighted by Gasteiger charge is -2.26. The summed E-state index contributed by atoms with van der Waals surface area (Å²) in [7, 11) is 0. The van der Waals surface area contributed by atoms with Crippen LogP contribution in [0.15, 0.2) is 54.6 Å². The molecule has 0 aliphatic rings. The number of alkyl halides is 3. The van der Waals surface area contributed by atoms with Gasteiger partial charge in [0.15, 0.2) is 0 Å². The minimum atomic E-state index is -4.51. The average Bonchev–Trinajstić information content (AvgIpc) is 2.54. The predicted molar refractivity (Wildman–Crippen MR) is 92.1 cm³/mol. The van der Waals surface area contributed by atoms with Gasteiger partial charge < -0.3 is 5.32 Å². The van der Waals surface area contributed by atoms with Crippen molar-refractivity contribution in [2.45, 2.75) is 32.6 Å². The molecule has 0 saturated heterocycles. The van der Waals surface area contributed by atoms with E-state index in [1.165, 1.54) is 18.2 Å². The second-order valence-corrected chi connectivity index (χ2v) is 6.08. The number of nitrogens with one attached hydrogen (secondary N) is 1. The maximum atomic E-state index is 13.0. The zero-order valence-corrected chi connectivity index (χ0v) is 14.2. The fourth-order valence-corrected chi connectivity index (χ4v) is 2.45. The van der Waals surface area contributed by atoms with E-state index in [0.717, 1.165) is 11.6 Å². The molecule has 3 nitrogen and oxygen atoms in total. The van der Waals surface area contributed by atoms with Crippen LogP contribution >= 0.6 is 0 Å². The van der Waals surface area contributed by atoms with Crippen molar-refractivity contribution in [3.63, 3.8) is 0 Å². The lowest BCUT2D eigenvalue weighted by atomic mass is 10.1. The third-order valence-corrected chi connectivity index (χ3v) is 3.81. The highest BCUT2D eigenvalue weighted by Gasteiger charge is 2.33. The van der Waals surface area contributed by atoms with E-state index in [4.69, 9.17) is 0 Å². The Morgan fingerprint density at radius 2 is 1.64 bits per heavy atom. The van der Waals surface area contributed by atoms with Crippen LogP contribution in [0.2, 0.25) is 0 Å². The molecular formula is C19H21F3N2O. The SMILES string of the molecule is CC(C)N(CC(=O)Nc1ccccc1C(F)(F)F)Cc1ccccc1. The van der Waals surface area contributed by atoms with Crippen LogP contribution < -0.4 is 5.32 Å². The summed E-state index contributed by atoms with van der Waals surface area (Å²) in [6.07, 6.45) is -4.51. The first-order chi connectivity index (χ1) is 11.8. The van der Waals surface area contributed by atoms with Crippen LogP contribution in [0.4, 0.5) is 18.9 Å². The van der Waals surface area contributed by atoms with Gasteiger partial charge in [-0.1, -0.05) is 42.5 Å². The molecule has 2 rings (SSSR count). The highest BCUT2D eigenvalue weighted by molar-refractivity contribution is 5.93. The van der Waals surface area contributed by atoms with E-state index in [-0.39, 0.29) is 18.3 Å². The summed E-state index contributed by atoms with van der Waals surface area (Å²) in [6.45, 7) is 4.45. The molecule has 134 valence electrons. The first kappa shape index (κ1) is 19.0. The molecule has 1 amide bonds. The number of amides is 1. The predicted octanol–water partition coefficient (Wildman–Crippen LogP) is 4.55. The Hall–Kier alpha value is -2.34. The third-order valence-electron chi connectivity index (χ3n) is 3.81. The molecule has 0 aliphatic heterocycles. The van der Waals surface area contributed by atoms with Crippen molar-refractivity contribution < 1.29 is 18.0 Å². The zero-order valence-electron chi connectivity index (χ0n) is 14.2. The maximum Gasteiger partial charge on any atom is 0.418 e. The molecule has 2 aromatic rings. The quantitative estimate of drug-likeness (QED) is 0.829. The van der Waals surface area contributed by atoms with Gasteiger partial charge in [-0.25, -0.2) is 0 Å². The second kappa shape index (κ2) is 8.16. The Morgan fingerprint density at radius 1 is 1.04 bits per heavy atom. The van der Waals surface area contributed by atoms with Gasteiger partial charge in [-0.3, -0.25) is 9.69 Å². The smallest absolute Gasteiger partial charge is 0.324 e. The summed E-state index contributed by atoms with van der Waals surface area (Å²) in [5.74, 6) is -0.471. The number of anilines is 1. The van der Waals surface area contributed by atoms with Gasteiger partial charge in [-0.05, 0) is 31.5 Å². The monoisotopic (exact) mass is 350 g/mol. The number of para-hydroxylation sites is 1. The number of nitrogens with zero attached hydrogens (tertiary/aromatic N) is 1. The lowest BCUT2D eigenvalue weighted by molar-refractivity contribution is -0.137. The molecule has 0 saturated carbocycles. The van der Waals surface area contributed by atoms with E-state index >= 15 is 0 Å². The largest absolute Gasteiger partial charge is 0.418 e. The van der Waals surface area contributed by atoms with E-state index in [2.05, 4.69) is 5.32 Å². The molecule has 0 radical (unpaired) electrons. The highest BCUT2D eigenvalue weighted by Crippen LogP contribution is 2.34. The average molecular weight is 350 g/mol. The summed E-state index contributed by atoms with van der Waals surface area (Å²) in [6, 6.07) is 14.7. The molecule has 0 heterocycles. The molecule has 0 spiro atoms. The zero-order chi connectivity index (χ0) is 18.4. The van der Waals surface area contributed by atoms with Crippen molar-refractivity contribution in [1.29, 1.82) is 0 Å². The summed E-state index contributed by atoms with van der Waals surface area (Å²) < 4.78 is 39.0. The molecule has 0 bridgehead atoms. The summed E-state index contributed by atoms with van der Waals surface area (Å²) in [5, 5.41) is 2.39. The van der Waals surface area contributed by atoms with Crippen molar-refractivity contribution in [3.05, 3.63) is 65.7 Å². The summed E-state index contributed by atoms with van der Waals surface area (Å²) >= 11 is 0. The maximum absolute atomic E-state index is 13.0. The lowest BCUT2D eigenvalue weighted by Crippen LogP contribution is -2.37. The molecule has 0 aromatic heterocycles. The number of hydrogen-bond acceptors (Lipinski definition) is 2. The van der Waals surface area contributed by atoms with Gasteiger partial charge in [0, 0.05) is 12.6 Å². The van der Waals surface area contributed by atoms with Crippen LogP contribution in [0.5, 0.6) is 0 Å². The standard InChI is InChI=1S/C19H21F3N2O/c1-14(2)24(12-15-8-4-3-5-9-15)13-18(25)23-17-11-7-6-10-16(17)19(20,21)22/h3-11,14H,12-13H2,1-2H3,(H,23,25). The molecule has 1 N–H and O–H groups in total. The number of hydrogen-bond donors (Lipinski definition) is 1. The van der Waals surface area contributed by atoms with Crippen molar-refractivity contribution in [2.24, 2.45) is 0 Å². The first-order valence-electron chi connectivity index (χ1n) is 8.01. The number of rotatable bonds is 6. The molecular weight excluding hydrogens is 329 g/mol. The van der Waals surface area contributed by atoms with Crippen LogP contribution in [-0.2, 0) is 17.5 Å². The minimum Gasteiger partial charge on any atom is -0.324 e. The Balaban J connectivity index is 2.08. The Bertz CT molecular complexity index is 699. The van der Waals surface area contributed by atoms with Gasteiger partial charge in [0.05, 0.1) is 17.8 Å². The summed E-state index contributed by atoms with van der Waals surface area (Å²) in [4.78, 5) is 14.2. The Labute approximate surface area is 145 Å². The fourth-order valence-electron chi connectivity index (χ4n) is 2.45. The second-order valence-electron chi connectivity index (χ2n) is 6.08. The number of carbonyl (C=O) groups excluding carboxylic acids is 1. The first-order valence-corrected chi connectivity index (χ1v) is 8.01. The van der Waals surface area contributed by atoms with Crippen LogP contribution in [0, 0.1) is 0 Å². The molecule has 0 atom stereocenters. The van der Waals surface area contributed by atoms with Crippen molar-refractivity contribution in [1.82, 2.24) is 4.90 Å². The fraction of sp³-hybridized carbons (Fsp3) is 0.316. The molecule has 6 heteroatoms. The van der Waals surface area contributed by atoms with E-state index < -0.39 is 17.6 Å². The van der Waals surface area contributed by atoms with Gasteiger partial charge >= 0.3 is 6.18 Å². The van der Waals surface area contributed by atoms with Crippen molar-refractivity contribution in [2.75, 3.05) is 11.9 Å². The van der Waals surface area contributed by atoms with Gasteiger partial charge in [-0.2, -0.15) is 13.2 Å². The molecule has 25 heavy (non-hydrogen) atoms. The van der Waals surface area contributed by atoms with Crippen LogP contribution in [0.3, 0.4) is 0 Å². The summed E-state index contributed by atoms with van der Waals surface area (Å²) in [5.41, 5.74) is -0.0226. The normalized spacial score (nSPS) is 11.8. The van der Waals surface area contributed by atoms with Gasteiger partial charge in [-0.15, -0.1) is 0 Å². The van der Waals surface area contributed by atoms with Crippen LogP contribution in [0.1, 0.15) is 25.0 Å². The number of benzene rings is 2. The highest BCUT2D eigenvalue weighted by atomic mass is 19.4. The van der Waals surface area contributed by atoms with E-state index in [0.29, 0.717) is 6.54 Å². The van der Waals surface area contributed by atoms with Gasteiger partial charge in [0.1, 0.15) is 0 Å². The number of halogens is 3. The van der Waals surface area contributed by atoms with Gasteiger partial charge in [0.25, 0.3) is 0 Å².